The first-order valence-electron chi connectivity index (χ1n) is 7.28. The second kappa shape index (κ2) is 5.62. The van der Waals surface area contributed by atoms with Gasteiger partial charge in [0.2, 0.25) is 11.6 Å². The molecule has 1 aromatic heterocycles. The summed E-state index contributed by atoms with van der Waals surface area (Å²) in [6.45, 7) is 0.173. The lowest BCUT2D eigenvalue weighted by Crippen LogP contribution is -2.30. The van der Waals surface area contributed by atoms with Crippen molar-refractivity contribution in [2.45, 2.75) is 6.04 Å². The summed E-state index contributed by atoms with van der Waals surface area (Å²) in [4.78, 5) is 35.9. The minimum absolute atomic E-state index is 0.0704. The van der Waals surface area contributed by atoms with Crippen LogP contribution in [0.4, 0.5) is 0 Å². The maximum Gasteiger partial charge on any atom is 0.360 e. The average Bonchev–Trinajstić information content (AvgIpc) is 3.13. The highest BCUT2D eigenvalue weighted by atomic mass is 79.9. The lowest BCUT2D eigenvalue weighted by molar-refractivity contribution is -0.111. The number of hydrogen-bond acceptors (Lipinski definition) is 7. The zero-order chi connectivity index (χ0) is 17.7. The number of hydrogen-bond donors (Lipinski definition) is 0. The van der Waals surface area contributed by atoms with Gasteiger partial charge in [0.25, 0.3) is 0 Å². The topological polar surface area (TPSA) is 100 Å². The van der Waals surface area contributed by atoms with Crippen molar-refractivity contribution in [1.82, 2.24) is 15.0 Å². The van der Waals surface area contributed by atoms with Gasteiger partial charge in [-0.3, -0.25) is 9.59 Å². The van der Waals surface area contributed by atoms with E-state index < -0.39 is 23.6 Å². The summed E-state index contributed by atoms with van der Waals surface area (Å²) in [5.74, 6) is -1.47. The zero-order valence-corrected chi connectivity index (χ0v) is 14.4. The van der Waals surface area contributed by atoms with Gasteiger partial charge in [0, 0.05) is 11.1 Å². The first kappa shape index (κ1) is 15.7. The number of carbonyl (C=O) groups is 3. The van der Waals surface area contributed by atoms with Gasteiger partial charge in [0.05, 0.1) is 13.3 Å². The van der Waals surface area contributed by atoms with Crippen LogP contribution in [0.25, 0.3) is 5.76 Å². The molecule has 1 aromatic carbocycles. The number of carbonyl (C=O) groups excluding carboxylic acids is 3. The first-order chi connectivity index (χ1) is 12.0. The van der Waals surface area contributed by atoms with E-state index >= 15 is 0 Å². The number of allylic oxidation sites excluding steroid dienone is 1. The largest absolute Gasteiger partial charge is 0.489 e. The summed E-state index contributed by atoms with van der Waals surface area (Å²) in [6.07, 6.45) is 1.46. The molecule has 1 unspecified atom stereocenters. The molecule has 0 radical (unpaired) electrons. The molecule has 0 N–H and O–H groups in total. The molecular weight excluding hydrogens is 394 g/mol. The van der Waals surface area contributed by atoms with Crippen LogP contribution in [0.5, 0.6) is 0 Å². The van der Waals surface area contributed by atoms with Crippen molar-refractivity contribution in [3.63, 3.8) is 0 Å². The van der Waals surface area contributed by atoms with Gasteiger partial charge in [-0.15, -0.1) is 5.10 Å². The molecule has 0 saturated carbocycles. The molecule has 2 heterocycles. The molecule has 9 heteroatoms. The molecule has 0 amide bonds. The Morgan fingerprint density at radius 2 is 2.16 bits per heavy atom. The van der Waals surface area contributed by atoms with Crippen molar-refractivity contribution < 1.29 is 23.9 Å². The highest BCUT2D eigenvalue weighted by Crippen LogP contribution is 2.42. The summed E-state index contributed by atoms with van der Waals surface area (Å²) >= 11 is 3.16. The van der Waals surface area contributed by atoms with Gasteiger partial charge in [0.15, 0.2) is 5.69 Å². The minimum atomic E-state index is -0.633. The Balaban J connectivity index is 1.86. The lowest BCUT2D eigenvalue weighted by Gasteiger charge is -2.31. The highest BCUT2D eigenvalue weighted by Gasteiger charge is 2.39. The average molecular weight is 404 g/mol. The van der Waals surface area contributed by atoms with Gasteiger partial charge in [0.1, 0.15) is 22.9 Å². The van der Waals surface area contributed by atoms with Gasteiger partial charge in [-0.05, 0) is 21.5 Å². The van der Waals surface area contributed by atoms with Crippen LogP contribution in [0, 0.1) is 0 Å². The molecule has 25 heavy (non-hydrogen) atoms. The van der Waals surface area contributed by atoms with E-state index in [1.54, 1.807) is 12.1 Å². The Morgan fingerprint density at radius 3 is 2.92 bits per heavy atom. The molecule has 1 aliphatic carbocycles. The molecule has 1 atom stereocenters. The third-order valence-electron chi connectivity index (χ3n) is 4.14. The van der Waals surface area contributed by atoms with E-state index in [-0.39, 0.29) is 16.8 Å². The van der Waals surface area contributed by atoms with Crippen molar-refractivity contribution in [3.05, 3.63) is 51.3 Å². The van der Waals surface area contributed by atoms with Crippen LogP contribution >= 0.6 is 15.9 Å². The predicted octanol–water partition coefficient (Wildman–Crippen LogP) is 1.51. The van der Waals surface area contributed by atoms with Crippen molar-refractivity contribution >= 4 is 39.2 Å². The Hall–Kier alpha value is -2.81. The van der Waals surface area contributed by atoms with E-state index in [2.05, 4.69) is 31.0 Å². The van der Waals surface area contributed by atoms with Crippen LogP contribution in [0.3, 0.4) is 0 Å². The van der Waals surface area contributed by atoms with Crippen LogP contribution in [-0.4, -0.2) is 46.2 Å². The molecule has 126 valence electrons. The quantitative estimate of drug-likeness (QED) is 0.553. The van der Waals surface area contributed by atoms with Gasteiger partial charge >= 0.3 is 5.97 Å². The van der Waals surface area contributed by atoms with Gasteiger partial charge in [-0.1, -0.05) is 23.4 Å². The van der Waals surface area contributed by atoms with E-state index in [1.807, 2.05) is 6.07 Å². The molecular formula is C16H10BrN3O5. The number of methoxy groups -OCH3 is 1. The van der Waals surface area contributed by atoms with Crippen LogP contribution in [0.2, 0.25) is 0 Å². The number of aromatic nitrogens is 3. The number of ether oxygens (including phenoxy) is 2. The fourth-order valence-electron chi connectivity index (χ4n) is 2.96. The number of nitrogens with zero attached hydrogens (tertiary/aromatic N) is 3. The Bertz CT molecular complexity index is 978. The lowest BCUT2D eigenvalue weighted by atomic mass is 9.86. The molecule has 2 aliphatic rings. The second-order valence-corrected chi connectivity index (χ2v) is 6.27. The molecule has 2 aromatic rings. The van der Waals surface area contributed by atoms with E-state index in [0.29, 0.717) is 16.9 Å². The molecule has 0 spiro atoms. The minimum Gasteiger partial charge on any atom is -0.489 e. The van der Waals surface area contributed by atoms with Crippen LogP contribution in [0.15, 0.2) is 28.9 Å². The van der Waals surface area contributed by atoms with Gasteiger partial charge in [-0.25, -0.2) is 9.48 Å². The number of benzene rings is 1. The standard InChI is InChI=1S/C16H10BrN3O5/c1-24-16(23)9-5-20(19-18-9)10-6-25-15-11-7(10)3-2-4-8(11)13(21)14(22)12(15)17/h2-5,10H,6H2,1H3. The fourth-order valence-corrected chi connectivity index (χ4v) is 3.45. The van der Waals surface area contributed by atoms with E-state index in [1.165, 1.54) is 18.0 Å². The van der Waals surface area contributed by atoms with Crippen molar-refractivity contribution in [2.24, 2.45) is 0 Å². The number of Topliss-reactive ketones (excluding diaryl/α,β-unsaturated/α-hetero) is 2. The third-order valence-corrected chi connectivity index (χ3v) is 4.86. The number of halogens is 1. The van der Waals surface area contributed by atoms with Crippen molar-refractivity contribution in [2.75, 3.05) is 13.7 Å². The Kier molecular flexibility index (Phi) is 3.53. The smallest absolute Gasteiger partial charge is 0.360 e. The summed E-state index contributed by atoms with van der Waals surface area (Å²) in [5.41, 5.74) is 1.68. The fraction of sp³-hybridized carbons (Fsp3) is 0.188. The molecule has 0 fully saturated rings. The normalized spacial score (nSPS) is 18.7. The van der Waals surface area contributed by atoms with Gasteiger partial charge in [-0.2, -0.15) is 0 Å². The molecule has 0 saturated heterocycles. The Labute approximate surface area is 149 Å². The second-order valence-electron chi connectivity index (χ2n) is 5.47. The Morgan fingerprint density at radius 1 is 1.36 bits per heavy atom. The van der Waals surface area contributed by atoms with Crippen LogP contribution < -0.4 is 0 Å². The zero-order valence-electron chi connectivity index (χ0n) is 12.9. The summed E-state index contributed by atoms with van der Waals surface area (Å²) in [6, 6.07) is 4.72. The monoisotopic (exact) mass is 403 g/mol. The van der Waals surface area contributed by atoms with E-state index in [4.69, 9.17) is 4.74 Å². The molecule has 4 rings (SSSR count). The SMILES string of the molecule is COC(=O)c1cn(C2COC3=C(Br)C(=O)C(=O)c4cccc2c43)nn1. The number of esters is 1. The first-order valence-corrected chi connectivity index (χ1v) is 8.07. The molecule has 1 aliphatic heterocycles. The maximum atomic E-state index is 12.3. The summed E-state index contributed by atoms with van der Waals surface area (Å²) in [7, 11) is 1.26. The number of rotatable bonds is 2. The maximum absolute atomic E-state index is 12.3. The van der Waals surface area contributed by atoms with E-state index in [9.17, 15) is 14.4 Å². The summed E-state index contributed by atoms with van der Waals surface area (Å²) < 4.78 is 12.0. The molecule has 0 bridgehead atoms. The van der Waals surface area contributed by atoms with Crippen LogP contribution in [-0.2, 0) is 14.3 Å². The van der Waals surface area contributed by atoms with Gasteiger partial charge < -0.3 is 9.47 Å². The third kappa shape index (κ3) is 2.23. The van der Waals surface area contributed by atoms with Crippen molar-refractivity contribution in [3.8, 4) is 0 Å². The summed E-state index contributed by atoms with van der Waals surface area (Å²) in [5, 5.41) is 7.76. The predicted molar refractivity (Wildman–Crippen MR) is 87.1 cm³/mol. The molecule has 8 nitrogen and oxygen atoms in total. The van der Waals surface area contributed by atoms with E-state index in [0.717, 1.165) is 5.56 Å². The van der Waals surface area contributed by atoms with Crippen LogP contribution in [0.1, 0.15) is 38.0 Å². The van der Waals surface area contributed by atoms with Crippen molar-refractivity contribution in [1.29, 1.82) is 0 Å². The highest BCUT2D eigenvalue weighted by molar-refractivity contribution is 9.12. The number of ketones is 2.